The number of carbonyl (C=O) groups is 1. The topological polar surface area (TPSA) is 90.9 Å². The molecule has 2 atom stereocenters. The summed E-state index contributed by atoms with van der Waals surface area (Å²) in [5.74, 6) is 4.65. The SMILES string of the molecule is COc1cc(OC)cc(C(CC(=O)CC(c2cc(OC)cc(OC)c2)c2ccc3c(c2)OCO3)c2ccc3c(c2)OCO3)c1. The van der Waals surface area contributed by atoms with Gasteiger partial charge in [-0.05, 0) is 70.8 Å². The van der Waals surface area contributed by atoms with Gasteiger partial charge in [0.1, 0.15) is 28.8 Å². The molecule has 2 unspecified atom stereocenters. The summed E-state index contributed by atoms with van der Waals surface area (Å²) in [7, 11) is 6.44. The lowest BCUT2D eigenvalue weighted by Gasteiger charge is -2.23. The van der Waals surface area contributed by atoms with E-state index in [-0.39, 0.29) is 44.0 Å². The van der Waals surface area contributed by atoms with Gasteiger partial charge in [0.2, 0.25) is 13.6 Å². The molecule has 0 N–H and O–H groups in total. The summed E-state index contributed by atoms with van der Waals surface area (Å²) >= 11 is 0. The van der Waals surface area contributed by atoms with Crippen molar-refractivity contribution in [1.29, 1.82) is 0 Å². The lowest BCUT2D eigenvalue weighted by molar-refractivity contribution is -0.119. The standard InChI is InChI=1S/C35H34O9/c1-37-26-9-23(10-27(17-26)38-2)30(21-5-7-32-34(13-21)43-19-41-32)15-25(36)16-31(22-6-8-33-35(14-22)44-20-42-33)24-11-28(39-3)18-29(12-24)40-4/h5-14,17-18,30-31H,15-16,19-20H2,1-4H3. The molecule has 2 aliphatic rings. The maximum Gasteiger partial charge on any atom is 0.231 e. The minimum atomic E-state index is -0.307. The van der Waals surface area contributed by atoms with Gasteiger partial charge in [0.15, 0.2) is 23.0 Å². The molecule has 4 aromatic carbocycles. The molecule has 2 aliphatic heterocycles. The van der Waals surface area contributed by atoms with Crippen LogP contribution in [0.15, 0.2) is 72.8 Å². The van der Waals surface area contributed by atoms with Gasteiger partial charge in [-0.25, -0.2) is 0 Å². The van der Waals surface area contributed by atoms with E-state index in [9.17, 15) is 4.79 Å². The molecule has 0 radical (unpaired) electrons. The molecule has 44 heavy (non-hydrogen) atoms. The summed E-state index contributed by atoms with van der Waals surface area (Å²) in [5.41, 5.74) is 3.60. The minimum Gasteiger partial charge on any atom is -0.497 e. The average molecular weight is 599 g/mol. The van der Waals surface area contributed by atoms with Gasteiger partial charge in [0.25, 0.3) is 0 Å². The fourth-order valence-corrected chi connectivity index (χ4v) is 5.72. The van der Waals surface area contributed by atoms with Crippen LogP contribution in [0.5, 0.6) is 46.0 Å². The minimum absolute atomic E-state index is 0.0545. The number of Topliss-reactive ketones (excluding diaryl/α,β-unsaturated/α-hetero) is 1. The number of benzene rings is 4. The number of ketones is 1. The number of ether oxygens (including phenoxy) is 8. The van der Waals surface area contributed by atoms with Crippen molar-refractivity contribution in [2.75, 3.05) is 42.0 Å². The van der Waals surface area contributed by atoms with E-state index in [4.69, 9.17) is 37.9 Å². The summed E-state index contributed by atoms with van der Waals surface area (Å²) < 4.78 is 44.7. The van der Waals surface area contributed by atoms with E-state index in [1.165, 1.54) is 0 Å². The first-order chi connectivity index (χ1) is 21.5. The third-order valence-electron chi connectivity index (χ3n) is 8.01. The van der Waals surface area contributed by atoms with Gasteiger partial charge >= 0.3 is 0 Å². The summed E-state index contributed by atoms with van der Waals surface area (Å²) in [6, 6.07) is 23.0. The van der Waals surface area contributed by atoms with E-state index in [1.54, 1.807) is 28.4 Å². The Bertz CT molecular complexity index is 1500. The first-order valence-corrected chi connectivity index (χ1v) is 14.2. The molecule has 2 heterocycles. The van der Waals surface area contributed by atoms with Crippen LogP contribution in [0, 0.1) is 0 Å². The molecule has 0 amide bonds. The van der Waals surface area contributed by atoms with Crippen molar-refractivity contribution in [3.05, 3.63) is 95.1 Å². The van der Waals surface area contributed by atoms with Crippen molar-refractivity contribution in [3.8, 4) is 46.0 Å². The van der Waals surface area contributed by atoms with E-state index in [0.717, 1.165) is 22.3 Å². The highest BCUT2D eigenvalue weighted by Gasteiger charge is 2.27. The normalized spacial score (nSPS) is 14.1. The van der Waals surface area contributed by atoms with Gasteiger partial charge in [-0.15, -0.1) is 0 Å². The molecule has 4 aromatic rings. The zero-order valence-corrected chi connectivity index (χ0v) is 25.1. The molecule has 9 heteroatoms. The summed E-state index contributed by atoms with van der Waals surface area (Å²) in [6.45, 7) is 0.327. The second-order valence-electron chi connectivity index (χ2n) is 10.6. The maximum absolute atomic E-state index is 14.2. The molecule has 0 saturated carbocycles. The number of methoxy groups -OCH3 is 4. The fourth-order valence-electron chi connectivity index (χ4n) is 5.72. The Kier molecular flexibility index (Phi) is 8.36. The number of carbonyl (C=O) groups excluding carboxylic acids is 1. The predicted octanol–water partition coefficient (Wildman–Crippen LogP) is 6.49. The van der Waals surface area contributed by atoms with Gasteiger partial charge in [-0.2, -0.15) is 0 Å². The van der Waals surface area contributed by atoms with Crippen LogP contribution < -0.4 is 37.9 Å². The summed E-state index contributed by atoms with van der Waals surface area (Å²) in [4.78, 5) is 14.2. The molecule has 0 aliphatic carbocycles. The van der Waals surface area contributed by atoms with Crippen LogP contribution in [0.3, 0.4) is 0 Å². The highest BCUT2D eigenvalue weighted by atomic mass is 16.7. The van der Waals surface area contributed by atoms with Gasteiger partial charge in [0.05, 0.1) is 28.4 Å². The monoisotopic (exact) mass is 598 g/mol. The third-order valence-corrected chi connectivity index (χ3v) is 8.01. The molecule has 0 bridgehead atoms. The van der Waals surface area contributed by atoms with Crippen LogP contribution in [0.25, 0.3) is 0 Å². The Morgan fingerprint density at radius 2 is 0.886 bits per heavy atom. The largest absolute Gasteiger partial charge is 0.497 e. The van der Waals surface area contributed by atoms with E-state index in [2.05, 4.69) is 0 Å². The Balaban J connectivity index is 1.38. The molecule has 6 rings (SSSR count). The zero-order valence-electron chi connectivity index (χ0n) is 25.1. The molecule has 0 saturated heterocycles. The lowest BCUT2D eigenvalue weighted by atomic mass is 9.81. The maximum atomic E-state index is 14.2. The van der Waals surface area contributed by atoms with Gasteiger partial charge in [-0.1, -0.05) is 12.1 Å². The molecule has 0 aromatic heterocycles. The fraction of sp³-hybridized carbons (Fsp3) is 0.286. The Morgan fingerprint density at radius 3 is 1.25 bits per heavy atom. The molecular formula is C35H34O9. The van der Waals surface area contributed by atoms with Crippen LogP contribution in [-0.4, -0.2) is 47.8 Å². The van der Waals surface area contributed by atoms with Crippen molar-refractivity contribution in [1.82, 2.24) is 0 Å². The molecular weight excluding hydrogens is 564 g/mol. The number of fused-ring (bicyclic) bond motifs is 2. The smallest absolute Gasteiger partial charge is 0.231 e. The average Bonchev–Trinajstić information content (AvgIpc) is 3.74. The van der Waals surface area contributed by atoms with Gasteiger partial charge in [-0.3, -0.25) is 4.79 Å². The van der Waals surface area contributed by atoms with Crippen molar-refractivity contribution < 1.29 is 42.7 Å². The van der Waals surface area contributed by atoms with Gasteiger partial charge < -0.3 is 37.9 Å². The number of hydrogen-bond acceptors (Lipinski definition) is 9. The lowest BCUT2D eigenvalue weighted by Crippen LogP contribution is -2.14. The highest BCUT2D eigenvalue weighted by molar-refractivity contribution is 5.81. The van der Waals surface area contributed by atoms with E-state index >= 15 is 0 Å². The molecule has 0 spiro atoms. The molecule has 228 valence electrons. The predicted molar refractivity (Wildman–Crippen MR) is 162 cm³/mol. The van der Waals surface area contributed by atoms with Crippen LogP contribution in [0.4, 0.5) is 0 Å². The Hall–Kier alpha value is -5.05. The van der Waals surface area contributed by atoms with Crippen LogP contribution in [0.2, 0.25) is 0 Å². The first kappa shape index (κ1) is 29.0. The van der Waals surface area contributed by atoms with E-state index in [0.29, 0.717) is 46.0 Å². The van der Waals surface area contributed by atoms with Crippen molar-refractivity contribution in [2.24, 2.45) is 0 Å². The quantitative estimate of drug-likeness (QED) is 0.181. The zero-order chi connectivity index (χ0) is 30.6. The highest BCUT2D eigenvalue weighted by Crippen LogP contribution is 2.42. The molecule has 0 fully saturated rings. The molecule has 9 nitrogen and oxygen atoms in total. The Labute approximate surface area is 256 Å². The number of rotatable bonds is 12. The second kappa shape index (κ2) is 12.7. The first-order valence-electron chi connectivity index (χ1n) is 14.2. The van der Waals surface area contributed by atoms with Crippen LogP contribution in [-0.2, 0) is 4.79 Å². The summed E-state index contributed by atoms with van der Waals surface area (Å²) in [5, 5.41) is 0. The Morgan fingerprint density at radius 1 is 0.523 bits per heavy atom. The number of hydrogen-bond donors (Lipinski definition) is 0. The third kappa shape index (κ3) is 6.04. The summed E-state index contributed by atoms with van der Waals surface area (Å²) in [6.07, 6.45) is 0.441. The van der Waals surface area contributed by atoms with Crippen molar-refractivity contribution in [3.63, 3.8) is 0 Å². The van der Waals surface area contributed by atoms with Crippen molar-refractivity contribution >= 4 is 5.78 Å². The van der Waals surface area contributed by atoms with E-state index in [1.807, 2.05) is 72.8 Å². The van der Waals surface area contributed by atoms with E-state index < -0.39 is 0 Å². The van der Waals surface area contributed by atoms with Crippen LogP contribution in [0.1, 0.15) is 46.9 Å². The van der Waals surface area contributed by atoms with Crippen molar-refractivity contribution in [2.45, 2.75) is 24.7 Å². The van der Waals surface area contributed by atoms with Gasteiger partial charge in [0, 0.05) is 36.8 Å². The van der Waals surface area contributed by atoms with Crippen LogP contribution >= 0.6 is 0 Å². The second-order valence-corrected chi connectivity index (χ2v) is 10.6.